The van der Waals surface area contributed by atoms with Gasteiger partial charge in [-0.15, -0.1) is 0 Å². The summed E-state index contributed by atoms with van der Waals surface area (Å²) in [5, 5.41) is 4.41. The van der Waals surface area contributed by atoms with Gasteiger partial charge < -0.3 is 4.74 Å². The third-order valence-corrected chi connectivity index (χ3v) is 4.98. The second-order valence-corrected chi connectivity index (χ2v) is 6.25. The number of hydrogen-bond acceptors (Lipinski definition) is 3. The molecule has 0 saturated heterocycles. The smallest absolute Gasteiger partial charge is 0.170 e. The van der Waals surface area contributed by atoms with E-state index in [1.165, 1.54) is 0 Å². The Morgan fingerprint density at radius 3 is 2.71 bits per heavy atom. The molecule has 1 aromatic heterocycles. The van der Waals surface area contributed by atoms with E-state index in [1.54, 1.807) is 13.2 Å². The van der Waals surface area contributed by atoms with Gasteiger partial charge in [-0.25, -0.2) is 0 Å². The van der Waals surface area contributed by atoms with Crippen molar-refractivity contribution in [2.75, 3.05) is 7.11 Å². The van der Waals surface area contributed by atoms with Gasteiger partial charge >= 0.3 is 0 Å². The van der Waals surface area contributed by atoms with Gasteiger partial charge in [-0.3, -0.25) is 9.48 Å². The van der Waals surface area contributed by atoms with E-state index < -0.39 is 0 Å². The van der Waals surface area contributed by atoms with Crippen LogP contribution in [0.1, 0.15) is 28.7 Å². The monoisotopic (exact) mass is 414 g/mol. The highest BCUT2D eigenvalue weighted by atomic mass is 79.9. The molecule has 0 aliphatic carbocycles. The van der Waals surface area contributed by atoms with Crippen LogP contribution in [-0.2, 0) is 13.0 Å². The molecule has 0 amide bonds. The van der Waals surface area contributed by atoms with Crippen molar-refractivity contribution in [3.8, 4) is 5.75 Å². The number of carbonyl (C=O) groups excluding carboxylic acids is 1. The van der Waals surface area contributed by atoms with Crippen molar-refractivity contribution in [2.45, 2.75) is 26.8 Å². The number of carbonyl (C=O) groups is 1. The molecule has 6 heteroatoms. The highest BCUT2D eigenvalue weighted by molar-refractivity contribution is 9.10. The van der Waals surface area contributed by atoms with Gasteiger partial charge in [-0.1, -0.05) is 15.9 Å². The quantitative estimate of drug-likeness (QED) is 0.688. The number of ether oxygens (including phenoxy) is 1. The lowest BCUT2D eigenvalue weighted by molar-refractivity contribution is 0.0989. The lowest BCUT2D eigenvalue weighted by Gasteiger charge is -2.08. The largest absolute Gasteiger partial charge is 0.497 e. The van der Waals surface area contributed by atoms with Gasteiger partial charge in [0.25, 0.3) is 0 Å². The van der Waals surface area contributed by atoms with Crippen LogP contribution in [0.4, 0.5) is 0 Å². The molecule has 2 rings (SSSR count). The standard InChI is InChI=1S/C15H16Br2N2O2/c1-4-19-13(15(17)9(2)18-19)8-14(20)11-7-10(21-3)5-6-12(11)16/h5-7H,4,8H2,1-3H3. The van der Waals surface area contributed by atoms with Gasteiger partial charge in [-0.2, -0.15) is 5.10 Å². The predicted octanol–water partition coefficient (Wildman–Crippen LogP) is 4.17. The highest BCUT2D eigenvalue weighted by Crippen LogP contribution is 2.26. The maximum absolute atomic E-state index is 12.6. The molecule has 0 N–H and O–H groups in total. The lowest BCUT2D eigenvalue weighted by atomic mass is 10.1. The zero-order valence-corrected chi connectivity index (χ0v) is 15.3. The first-order valence-corrected chi connectivity index (χ1v) is 8.15. The summed E-state index contributed by atoms with van der Waals surface area (Å²) in [7, 11) is 1.59. The van der Waals surface area contributed by atoms with Crippen LogP contribution in [0.15, 0.2) is 27.1 Å². The Balaban J connectivity index is 2.34. The van der Waals surface area contributed by atoms with Gasteiger partial charge in [0.15, 0.2) is 5.78 Å². The molecule has 0 atom stereocenters. The summed E-state index contributed by atoms with van der Waals surface area (Å²) < 4.78 is 8.70. The van der Waals surface area contributed by atoms with Crippen molar-refractivity contribution < 1.29 is 9.53 Å². The molecule has 0 radical (unpaired) electrons. The maximum atomic E-state index is 12.6. The second kappa shape index (κ2) is 6.75. The summed E-state index contributed by atoms with van der Waals surface area (Å²) in [6.45, 7) is 4.66. The molecule has 0 saturated carbocycles. The molecule has 1 aromatic carbocycles. The van der Waals surface area contributed by atoms with Crippen molar-refractivity contribution in [1.82, 2.24) is 9.78 Å². The van der Waals surface area contributed by atoms with E-state index in [9.17, 15) is 4.79 Å². The van der Waals surface area contributed by atoms with Crippen molar-refractivity contribution in [2.24, 2.45) is 0 Å². The number of aromatic nitrogens is 2. The summed E-state index contributed by atoms with van der Waals surface area (Å²) in [5.74, 6) is 0.692. The Labute approximate surface area is 140 Å². The van der Waals surface area contributed by atoms with Crippen LogP contribution in [0.3, 0.4) is 0 Å². The van der Waals surface area contributed by atoms with E-state index >= 15 is 0 Å². The van der Waals surface area contributed by atoms with Gasteiger partial charge in [-0.05, 0) is 48.0 Å². The van der Waals surface area contributed by atoms with Crippen LogP contribution >= 0.6 is 31.9 Å². The van der Waals surface area contributed by atoms with Crippen LogP contribution in [0.25, 0.3) is 0 Å². The summed E-state index contributed by atoms with van der Waals surface area (Å²) >= 11 is 6.94. The van der Waals surface area contributed by atoms with Crippen molar-refractivity contribution in [1.29, 1.82) is 0 Å². The fourth-order valence-corrected chi connectivity index (χ4v) is 3.02. The number of rotatable bonds is 5. The van der Waals surface area contributed by atoms with E-state index in [0.717, 1.165) is 26.9 Å². The first-order valence-electron chi connectivity index (χ1n) is 6.56. The van der Waals surface area contributed by atoms with E-state index in [2.05, 4.69) is 37.0 Å². The first kappa shape index (κ1) is 16.2. The number of nitrogens with zero attached hydrogens (tertiary/aromatic N) is 2. The highest BCUT2D eigenvalue weighted by Gasteiger charge is 2.18. The molecule has 2 aromatic rings. The Morgan fingerprint density at radius 2 is 2.10 bits per heavy atom. The third-order valence-electron chi connectivity index (χ3n) is 3.25. The lowest BCUT2D eigenvalue weighted by Crippen LogP contribution is -2.11. The molecule has 4 nitrogen and oxygen atoms in total. The number of benzene rings is 1. The zero-order valence-electron chi connectivity index (χ0n) is 12.1. The molecule has 112 valence electrons. The summed E-state index contributed by atoms with van der Waals surface area (Å²) in [6, 6.07) is 5.39. The van der Waals surface area contributed by atoms with Gasteiger partial charge in [0.1, 0.15) is 5.75 Å². The average molecular weight is 416 g/mol. The summed E-state index contributed by atoms with van der Waals surface area (Å²) in [6.07, 6.45) is 0.293. The molecule has 0 fully saturated rings. The fraction of sp³-hybridized carbons (Fsp3) is 0.333. The number of Topliss-reactive ketones (excluding diaryl/α,β-unsaturated/α-hetero) is 1. The van der Waals surface area contributed by atoms with Gasteiger partial charge in [0, 0.05) is 16.6 Å². The molecule has 0 aliphatic rings. The second-order valence-electron chi connectivity index (χ2n) is 4.61. The zero-order chi connectivity index (χ0) is 15.6. The average Bonchev–Trinajstić information content (AvgIpc) is 2.75. The van der Waals surface area contributed by atoms with E-state index in [0.29, 0.717) is 17.7 Å². The Kier molecular flexibility index (Phi) is 5.22. The third kappa shape index (κ3) is 3.37. The molecular formula is C15H16Br2N2O2. The van der Waals surface area contributed by atoms with Crippen LogP contribution in [0, 0.1) is 6.92 Å². The van der Waals surface area contributed by atoms with Crippen LogP contribution < -0.4 is 4.74 Å². The Bertz CT molecular complexity index is 681. The van der Waals surface area contributed by atoms with Crippen LogP contribution in [-0.4, -0.2) is 22.7 Å². The van der Waals surface area contributed by atoms with Crippen LogP contribution in [0.5, 0.6) is 5.75 Å². The number of halogens is 2. The molecule has 0 spiro atoms. The Hall–Kier alpha value is -1.14. The molecule has 0 unspecified atom stereocenters. The first-order chi connectivity index (χ1) is 9.97. The van der Waals surface area contributed by atoms with E-state index in [4.69, 9.17) is 4.74 Å². The molecule has 1 heterocycles. The normalized spacial score (nSPS) is 10.7. The number of hydrogen-bond donors (Lipinski definition) is 0. The number of methoxy groups -OCH3 is 1. The molecule has 21 heavy (non-hydrogen) atoms. The van der Waals surface area contributed by atoms with Gasteiger partial charge in [0.2, 0.25) is 0 Å². The summed E-state index contributed by atoms with van der Waals surface area (Å²) in [4.78, 5) is 12.6. The number of aryl methyl sites for hydroxylation is 2. The van der Waals surface area contributed by atoms with Crippen molar-refractivity contribution >= 4 is 37.6 Å². The molecule has 0 aliphatic heterocycles. The predicted molar refractivity (Wildman–Crippen MR) is 89.1 cm³/mol. The molecule has 0 bridgehead atoms. The van der Waals surface area contributed by atoms with E-state index in [-0.39, 0.29) is 5.78 Å². The SMILES string of the molecule is CCn1nc(C)c(Br)c1CC(=O)c1cc(OC)ccc1Br. The summed E-state index contributed by atoms with van der Waals surface area (Å²) in [5.41, 5.74) is 2.40. The minimum atomic E-state index is 0.0241. The topological polar surface area (TPSA) is 44.1 Å². The minimum Gasteiger partial charge on any atom is -0.497 e. The number of ketones is 1. The fourth-order valence-electron chi connectivity index (χ4n) is 2.13. The van der Waals surface area contributed by atoms with Crippen molar-refractivity contribution in [3.63, 3.8) is 0 Å². The maximum Gasteiger partial charge on any atom is 0.170 e. The minimum absolute atomic E-state index is 0.0241. The van der Waals surface area contributed by atoms with Crippen molar-refractivity contribution in [3.05, 3.63) is 44.1 Å². The Morgan fingerprint density at radius 1 is 1.38 bits per heavy atom. The van der Waals surface area contributed by atoms with E-state index in [1.807, 2.05) is 30.7 Å². The van der Waals surface area contributed by atoms with Gasteiger partial charge in [0.05, 0.1) is 29.4 Å². The van der Waals surface area contributed by atoms with Crippen LogP contribution in [0.2, 0.25) is 0 Å². The molecular weight excluding hydrogens is 400 g/mol.